The minimum absolute atomic E-state index is 0.255. The number of thiophene rings is 1. The third-order valence-corrected chi connectivity index (χ3v) is 5.19. The summed E-state index contributed by atoms with van der Waals surface area (Å²) in [5, 5.41) is 27.5. The third-order valence-electron chi connectivity index (χ3n) is 3.98. The van der Waals surface area contributed by atoms with Crippen molar-refractivity contribution in [1.82, 2.24) is 9.78 Å². The highest BCUT2D eigenvalue weighted by molar-refractivity contribution is 7.16. The second-order valence-electron chi connectivity index (χ2n) is 5.63. The van der Waals surface area contributed by atoms with Gasteiger partial charge in [-0.25, -0.2) is 0 Å². The molecule has 2 aromatic heterocycles. The Balaban J connectivity index is 1.93. The van der Waals surface area contributed by atoms with Gasteiger partial charge in [0.1, 0.15) is 17.3 Å². The fourth-order valence-electron chi connectivity index (χ4n) is 2.88. The van der Waals surface area contributed by atoms with Crippen molar-refractivity contribution in [3.63, 3.8) is 0 Å². The summed E-state index contributed by atoms with van der Waals surface area (Å²) in [5.41, 5.74) is 0.872. The number of anilines is 1. The Labute approximate surface area is 141 Å². The maximum Gasteiger partial charge on any atom is 0.320 e. The number of carbonyl (C=O) groups excluding carboxylic acids is 1. The van der Waals surface area contributed by atoms with Gasteiger partial charge in [0.25, 0.3) is 5.91 Å². The molecule has 2 aromatic rings. The van der Waals surface area contributed by atoms with Crippen LogP contribution in [0.15, 0.2) is 6.20 Å². The second-order valence-corrected chi connectivity index (χ2v) is 6.73. The summed E-state index contributed by atoms with van der Waals surface area (Å²) in [6.07, 6.45) is 6.13. The monoisotopic (exact) mass is 345 g/mol. The van der Waals surface area contributed by atoms with E-state index in [-0.39, 0.29) is 11.4 Å². The maximum atomic E-state index is 12.4. The summed E-state index contributed by atoms with van der Waals surface area (Å²) >= 11 is 1.39. The molecule has 0 spiro atoms. The zero-order valence-electron chi connectivity index (χ0n) is 13.0. The van der Waals surface area contributed by atoms with E-state index in [0.717, 1.165) is 42.5 Å². The molecule has 0 aliphatic heterocycles. The van der Waals surface area contributed by atoms with Crippen molar-refractivity contribution in [2.45, 2.75) is 32.1 Å². The lowest BCUT2D eigenvalue weighted by Crippen LogP contribution is -2.14. The maximum absolute atomic E-state index is 12.4. The van der Waals surface area contributed by atoms with E-state index in [1.54, 1.807) is 0 Å². The van der Waals surface area contributed by atoms with Crippen LogP contribution in [0.5, 0.6) is 0 Å². The molecule has 0 atom stereocenters. The number of nitro groups is 1. The van der Waals surface area contributed by atoms with Crippen molar-refractivity contribution in [3.05, 3.63) is 38.0 Å². The molecule has 0 aromatic carbocycles. The lowest BCUT2D eigenvalue weighted by molar-refractivity contribution is -0.385. The Morgan fingerprint density at radius 1 is 1.46 bits per heavy atom. The van der Waals surface area contributed by atoms with Crippen LogP contribution in [0.2, 0.25) is 0 Å². The Hall–Kier alpha value is -2.73. The van der Waals surface area contributed by atoms with Crippen molar-refractivity contribution >= 4 is 27.9 Å². The number of amides is 1. The molecule has 0 bridgehead atoms. The predicted octanol–water partition coefficient (Wildman–Crippen LogP) is 2.78. The van der Waals surface area contributed by atoms with Gasteiger partial charge >= 0.3 is 5.69 Å². The Kier molecular flexibility index (Phi) is 4.31. The van der Waals surface area contributed by atoms with Gasteiger partial charge < -0.3 is 5.32 Å². The van der Waals surface area contributed by atoms with E-state index in [0.29, 0.717) is 10.6 Å². The van der Waals surface area contributed by atoms with E-state index in [4.69, 9.17) is 0 Å². The minimum Gasteiger partial charge on any atom is -0.311 e. The van der Waals surface area contributed by atoms with Crippen LogP contribution in [-0.4, -0.2) is 20.6 Å². The largest absolute Gasteiger partial charge is 0.320 e. The number of rotatable bonds is 3. The summed E-state index contributed by atoms with van der Waals surface area (Å²) in [6.45, 7) is 0. The highest BCUT2D eigenvalue weighted by Gasteiger charge is 2.27. The summed E-state index contributed by atoms with van der Waals surface area (Å²) < 4.78 is 1.22. The normalized spacial score (nSPS) is 13.7. The molecule has 9 heteroatoms. The van der Waals surface area contributed by atoms with Crippen LogP contribution in [0.25, 0.3) is 0 Å². The Morgan fingerprint density at radius 2 is 2.21 bits per heavy atom. The molecule has 24 heavy (non-hydrogen) atoms. The van der Waals surface area contributed by atoms with E-state index in [1.807, 2.05) is 0 Å². The molecule has 0 saturated carbocycles. The zero-order valence-corrected chi connectivity index (χ0v) is 13.9. The van der Waals surface area contributed by atoms with E-state index >= 15 is 0 Å². The molecule has 2 heterocycles. The quantitative estimate of drug-likeness (QED) is 0.522. The van der Waals surface area contributed by atoms with E-state index in [2.05, 4.69) is 16.5 Å². The molecule has 1 aliphatic rings. The standard InChI is InChI=1S/C15H15N5O3S/c1-19-8-11(20(22)23)13(18-19)14(21)17-15-10(7-16)9-5-3-2-4-6-12(9)24-15/h8H,2-6H2,1H3,(H,17,21). The summed E-state index contributed by atoms with van der Waals surface area (Å²) in [5.74, 6) is -0.671. The van der Waals surface area contributed by atoms with Gasteiger partial charge in [-0.3, -0.25) is 19.6 Å². The highest BCUT2D eigenvalue weighted by Crippen LogP contribution is 2.37. The van der Waals surface area contributed by atoms with Gasteiger partial charge in [0.2, 0.25) is 5.69 Å². The van der Waals surface area contributed by atoms with Crippen molar-refractivity contribution in [3.8, 4) is 6.07 Å². The number of aromatic nitrogens is 2. The average Bonchev–Trinajstić information content (AvgIpc) is 3.00. The number of hydrogen-bond acceptors (Lipinski definition) is 6. The number of carbonyl (C=O) groups is 1. The third kappa shape index (κ3) is 2.88. The predicted molar refractivity (Wildman–Crippen MR) is 88.1 cm³/mol. The Bertz CT molecular complexity index is 861. The molecule has 124 valence electrons. The van der Waals surface area contributed by atoms with Crippen LogP contribution < -0.4 is 5.32 Å². The van der Waals surface area contributed by atoms with Gasteiger partial charge in [0.05, 0.1) is 10.5 Å². The fourth-order valence-corrected chi connectivity index (χ4v) is 4.12. The van der Waals surface area contributed by atoms with Gasteiger partial charge in [-0.1, -0.05) is 6.42 Å². The van der Waals surface area contributed by atoms with Crippen LogP contribution in [0.4, 0.5) is 10.7 Å². The number of nitrogens with zero attached hydrogens (tertiary/aromatic N) is 4. The molecule has 0 unspecified atom stereocenters. The van der Waals surface area contributed by atoms with Crippen LogP contribution in [0.3, 0.4) is 0 Å². The molecule has 1 amide bonds. The minimum atomic E-state index is -0.671. The molecule has 1 aliphatic carbocycles. The summed E-state index contributed by atoms with van der Waals surface area (Å²) in [6, 6.07) is 2.17. The first-order valence-corrected chi connectivity index (χ1v) is 8.37. The van der Waals surface area contributed by atoms with Crippen molar-refractivity contribution in [1.29, 1.82) is 5.26 Å². The lowest BCUT2D eigenvalue weighted by Gasteiger charge is -2.02. The number of fused-ring (bicyclic) bond motifs is 1. The fraction of sp³-hybridized carbons (Fsp3) is 0.400. The first-order chi connectivity index (χ1) is 11.5. The smallest absolute Gasteiger partial charge is 0.311 e. The number of aryl methyl sites for hydroxylation is 2. The van der Waals surface area contributed by atoms with Gasteiger partial charge in [-0.2, -0.15) is 10.4 Å². The molecule has 1 N–H and O–H groups in total. The summed E-state index contributed by atoms with van der Waals surface area (Å²) in [4.78, 5) is 23.9. The highest BCUT2D eigenvalue weighted by atomic mass is 32.1. The number of nitrogens with one attached hydrogen (secondary N) is 1. The van der Waals surface area contributed by atoms with Crippen LogP contribution >= 0.6 is 11.3 Å². The van der Waals surface area contributed by atoms with E-state index in [9.17, 15) is 20.2 Å². The first kappa shape index (κ1) is 16.1. The number of nitriles is 1. The first-order valence-electron chi connectivity index (χ1n) is 7.55. The van der Waals surface area contributed by atoms with Gasteiger partial charge in [0, 0.05) is 11.9 Å². The van der Waals surface area contributed by atoms with Gasteiger partial charge in [-0.15, -0.1) is 11.3 Å². The Morgan fingerprint density at radius 3 is 2.92 bits per heavy atom. The van der Waals surface area contributed by atoms with Crippen LogP contribution in [0.1, 0.15) is 45.8 Å². The SMILES string of the molecule is Cn1cc([N+](=O)[O-])c(C(=O)Nc2sc3c(c2C#N)CCCCC3)n1. The van der Waals surface area contributed by atoms with Gasteiger partial charge in [0.15, 0.2) is 0 Å². The topological polar surface area (TPSA) is 114 Å². The molecule has 0 radical (unpaired) electrons. The molecule has 0 saturated heterocycles. The van der Waals surface area contributed by atoms with Crippen LogP contribution in [0, 0.1) is 21.4 Å². The van der Waals surface area contributed by atoms with Gasteiger partial charge in [-0.05, 0) is 31.2 Å². The molecular weight excluding hydrogens is 330 g/mol. The second kappa shape index (κ2) is 6.41. The number of hydrogen-bond donors (Lipinski definition) is 1. The average molecular weight is 345 g/mol. The van der Waals surface area contributed by atoms with E-state index in [1.165, 1.54) is 29.3 Å². The molecule has 8 nitrogen and oxygen atoms in total. The summed E-state index contributed by atoms with van der Waals surface area (Å²) in [7, 11) is 1.51. The van der Waals surface area contributed by atoms with E-state index < -0.39 is 10.8 Å². The molecule has 3 rings (SSSR count). The lowest BCUT2D eigenvalue weighted by atomic mass is 10.1. The van der Waals surface area contributed by atoms with Crippen molar-refractivity contribution < 1.29 is 9.72 Å². The zero-order chi connectivity index (χ0) is 17.3. The van der Waals surface area contributed by atoms with Crippen molar-refractivity contribution in [2.75, 3.05) is 5.32 Å². The molecular formula is C15H15N5O3S. The van der Waals surface area contributed by atoms with Crippen LogP contribution in [-0.2, 0) is 19.9 Å². The molecule has 0 fully saturated rings. The van der Waals surface area contributed by atoms with Crippen molar-refractivity contribution in [2.24, 2.45) is 7.05 Å².